The average molecular weight is 1000 g/mol. The lowest BCUT2D eigenvalue weighted by molar-refractivity contribution is -0.167. The fourth-order valence-electron chi connectivity index (χ4n) is 8.60. The Kier molecular flexibility index (Phi) is 57.3. The summed E-state index contributed by atoms with van der Waals surface area (Å²) in [7, 11) is 0. The molecular weight excluding hydrogens is 889 g/mol. The molecule has 0 aliphatic carbocycles. The fraction of sp³-hybridized carbons (Fsp3) is 0.742. The van der Waals surface area contributed by atoms with Crippen LogP contribution in [0.2, 0.25) is 0 Å². The highest BCUT2D eigenvalue weighted by atomic mass is 16.6. The smallest absolute Gasteiger partial charge is 0.306 e. The van der Waals surface area contributed by atoms with Crippen molar-refractivity contribution in [2.24, 2.45) is 0 Å². The van der Waals surface area contributed by atoms with Gasteiger partial charge in [-0.3, -0.25) is 14.4 Å². The van der Waals surface area contributed by atoms with E-state index in [4.69, 9.17) is 14.2 Å². The van der Waals surface area contributed by atoms with Crippen molar-refractivity contribution in [3.05, 3.63) is 85.1 Å². The molecule has 0 saturated carbocycles. The largest absolute Gasteiger partial charge is 0.462 e. The second-order valence-electron chi connectivity index (χ2n) is 20.2. The molecule has 0 bridgehead atoms. The summed E-state index contributed by atoms with van der Waals surface area (Å²) in [5.74, 6) is -0.905. The van der Waals surface area contributed by atoms with Crippen molar-refractivity contribution >= 4 is 17.9 Å². The van der Waals surface area contributed by atoms with Gasteiger partial charge >= 0.3 is 17.9 Å². The van der Waals surface area contributed by atoms with Crippen LogP contribution in [0.1, 0.15) is 297 Å². The second kappa shape index (κ2) is 60.1. The Morgan fingerprint density at radius 1 is 0.292 bits per heavy atom. The lowest BCUT2D eigenvalue weighted by atomic mass is 10.0. The Morgan fingerprint density at radius 2 is 0.542 bits per heavy atom. The molecule has 0 aromatic heterocycles. The number of carbonyl (C=O) groups is 3. The first-order chi connectivity index (χ1) is 35.5. The van der Waals surface area contributed by atoms with Crippen molar-refractivity contribution in [1.82, 2.24) is 0 Å². The molecule has 6 nitrogen and oxygen atoms in total. The van der Waals surface area contributed by atoms with Gasteiger partial charge < -0.3 is 14.2 Å². The molecule has 0 N–H and O–H groups in total. The van der Waals surface area contributed by atoms with Crippen LogP contribution in [0.5, 0.6) is 0 Å². The summed E-state index contributed by atoms with van der Waals surface area (Å²) in [5, 5.41) is 0. The summed E-state index contributed by atoms with van der Waals surface area (Å²) < 4.78 is 16.9. The van der Waals surface area contributed by atoms with Crippen molar-refractivity contribution in [2.45, 2.75) is 303 Å². The summed E-state index contributed by atoms with van der Waals surface area (Å²) in [5.41, 5.74) is 0. The van der Waals surface area contributed by atoms with Gasteiger partial charge in [-0.05, 0) is 77.0 Å². The SMILES string of the molecule is CC/C=C\C/C=C\C/C=C\C/C=C\C/C=C\C/C=C\C/C=C\CCCCCC(=O)OCC(COC(=O)CCCCCCCCCCCCCCC)OC(=O)CCCCCCCCCCCCCCCCCC. The third-order valence-electron chi connectivity index (χ3n) is 13.2. The molecule has 0 amide bonds. The van der Waals surface area contributed by atoms with Crippen LogP contribution in [0.25, 0.3) is 0 Å². The Labute approximate surface area is 445 Å². The minimum Gasteiger partial charge on any atom is -0.462 e. The van der Waals surface area contributed by atoms with Gasteiger partial charge in [0.1, 0.15) is 13.2 Å². The quantitative estimate of drug-likeness (QED) is 0.0261. The van der Waals surface area contributed by atoms with E-state index in [1.165, 1.54) is 148 Å². The normalized spacial score (nSPS) is 12.7. The number of rotatable bonds is 55. The van der Waals surface area contributed by atoms with Crippen molar-refractivity contribution in [3.63, 3.8) is 0 Å². The molecule has 0 aliphatic rings. The van der Waals surface area contributed by atoms with Crippen LogP contribution < -0.4 is 0 Å². The highest BCUT2D eigenvalue weighted by Crippen LogP contribution is 2.16. The zero-order valence-corrected chi connectivity index (χ0v) is 47.4. The predicted octanol–water partition coefficient (Wildman–Crippen LogP) is 20.7. The van der Waals surface area contributed by atoms with E-state index >= 15 is 0 Å². The molecule has 0 aromatic rings. The van der Waals surface area contributed by atoms with Gasteiger partial charge in [0, 0.05) is 19.3 Å². The number of allylic oxidation sites excluding steroid dienone is 14. The second-order valence-corrected chi connectivity index (χ2v) is 20.2. The first-order valence-electron chi connectivity index (χ1n) is 30.6. The topological polar surface area (TPSA) is 78.9 Å². The van der Waals surface area contributed by atoms with Crippen LogP contribution in [0.15, 0.2) is 85.1 Å². The standard InChI is InChI=1S/C66H114O6/c1-4-7-10-13-16-19-22-25-27-29-30-31-32-33-34-35-36-37-39-41-44-47-50-53-56-59-65(68)71-62-63(61-70-64(67)58-55-52-49-46-43-40-24-21-18-15-12-9-6-3)72-66(69)60-57-54-51-48-45-42-38-28-26-23-20-17-14-11-8-5-2/h7,10,16,19,25,27,30-31,33-34,36-37,41,44,63H,4-6,8-9,11-15,17-18,20-24,26,28-29,32,35,38-40,42-43,45-62H2,1-3H3/b10-7-,19-16-,27-25-,31-30-,34-33-,37-36-,44-41-. The zero-order chi connectivity index (χ0) is 52.2. The van der Waals surface area contributed by atoms with Gasteiger partial charge in [0.15, 0.2) is 6.10 Å². The maximum absolute atomic E-state index is 12.9. The minimum atomic E-state index is -0.788. The molecule has 0 spiro atoms. The molecule has 0 aromatic carbocycles. The predicted molar refractivity (Wildman–Crippen MR) is 311 cm³/mol. The third kappa shape index (κ3) is 57.5. The molecule has 414 valence electrons. The average Bonchev–Trinajstić information content (AvgIpc) is 3.38. The van der Waals surface area contributed by atoms with Gasteiger partial charge in [0.2, 0.25) is 0 Å². The van der Waals surface area contributed by atoms with Gasteiger partial charge in [-0.1, -0.05) is 286 Å². The number of hydrogen-bond acceptors (Lipinski definition) is 6. The van der Waals surface area contributed by atoms with Gasteiger partial charge in [0.05, 0.1) is 0 Å². The number of esters is 3. The number of carbonyl (C=O) groups excluding carboxylic acids is 3. The Hall–Kier alpha value is -3.41. The summed E-state index contributed by atoms with van der Waals surface area (Å²) in [6, 6.07) is 0. The highest BCUT2D eigenvalue weighted by Gasteiger charge is 2.19. The lowest BCUT2D eigenvalue weighted by Crippen LogP contribution is -2.30. The molecule has 0 rings (SSSR count). The van der Waals surface area contributed by atoms with E-state index < -0.39 is 6.10 Å². The first-order valence-corrected chi connectivity index (χ1v) is 30.6. The van der Waals surface area contributed by atoms with Crippen molar-refractivity contribution in [1.29, 1.82) is 0 Å². The molecule has 72 heavy (non-hydrogen) atoms. The van der Waals surface area contributed by atoms with Crippen LogP contribution in [-0.2, 0) is 28.6 Å². The maximum Gasteiger partial charge on any atom is 0.306 e. The molecule has 0 fully saturated rings. The van der Waals surface area contributed by atoms with E-state index in [0.717, 1.165) is 109 Å². The molecule has 0 radical (unpaired) electrons. The van der Waals surface area contributed by atoms with Crippen LogP contribution >= 0.6 is 0 Å². The van der Waals surface area contributed by atoms with E-state index in [1.807, 2.05) is 0 Å². The van der Waals surface area contributed by atoms with Crippen molar-refractivity contribution < 1.29 is 28.6 Å². The first kappa shape index (κ1) is 68.6. The van der Waals surface area contributed by atoms with E-state index in [1.54, 1.807) is 0 Å². The number of hydrogen-bond donors (Lipinski definition) is 0. The van der Waals surface area contributed by atoms with Crippen LogP contribution in [0, 0.1) is 0 Å². The summed E-state index contributed by atoms with van der Waals surface area (Å²) >= 11 is 0. The van der Waals surface area contributed by atoms with Crippen LogP contribution in [0.4, 0.5) is 0 Å². The monoisotopic (exact) mass is 1000 g/mol. The Bertz CT molecular complexity index is 1380. The Morgan fingerprint density at radius 3 is 0.847 bits per heavy atom. The molecular formula is C66H114O6. The summed E-state index contributed by atoms with van der Waals surface area (Å²) in [4.78, 5) is 38.2. The summed E-state index contributed by atoms with van der Waals surface area (Å²) in [6.45, 7) is 6.53. The highest BCUT2D eigenvalue weighted by molar-refractivity contribution is 5.71. The van der Waals surface area contributed by atoms with Gasteiger partial charge in [0.25, 0.3) is 0 Å². The molecule has 0 heterocycles. The minimum absolute atomic E-state index is 0.0832. The van der Waals surface area contributed by atoms with Crippen LogP contribution in [0.3, 0.4) is 0 Å². The lowest BCUT2D eigenvalue weighted by Gasteiger charge is -2.18. The van der Waals surface area contributed by atoms with Gasteiger partial charge in [-0.25, -0.2) is 0 Å². The van der Waals surface area contributed by atoms with Crippen molar-refractivity contribution in [2.75, 3.05) is 13.2 Å². The zero-order valence-electron chi connectivity index (χ0n) is 47.4. The third-order valence-corrected chi connectivity index (χ3v) is 13.2. The van der Waals surface area contributed by atoms with E-state index in [9.17, 15) is 14.4 Å². The number of unbranched alkanes of at least 4 members (excludes halogenated alkanes) is 30. The molecule has 0 saturated heterocycles. The van der Waals surface area contributed by atoms with Gasteiger partial charge in [-0.2, -0.15) is 0 Å². The molecule has 1 atom stereocenters. The van der Waals surface area contributed by atoms with Crippen LogP contribution in [-0.4, -0.2) is 37.2 Å². The summed E-state index contributed by atoms with van der Waals surface area (Å²) in [6.07, 6.45) is 78.6. The molecule has 0 aliphatic heterocycles. The number of ether oxygens (including phenoxy) is 3. The van der Waals surface area contributed by atoms with E-state index in [-0.39, 0.29) is 31.1 Å². The fourth-order valence-corrected chi connectivity index (χ4v) is 8.60. The maximum atomic E-state index is 12.9. The van der Waals surface area contributed by atoms with E-state index in [2.05, 4.69) is 106 Å². The Balaban J connectivity index is 4.39. The van der Waals surface area contributed by atoms with Gasteiger partial charge in [-0.15, -0.1) is 0 Å². The molecule has 6 heteroatoms. The van der Waals surface area contributed by atoms with Crippen molar-refractivity contribution in [3.8, 4) is 0 Å². The molecule has 1 unspecified atom stereocenters. The van der Waals surface area contributed by atoms with E-state index in [0.29, 0.717) is 19.3 Å².